The van der Waals surface area contributed by atoms with E-state index in [1.807, 2.05) is 30.9 Å². The fourth-order valence-corrected chi connectivity index (χ4v) is 3.15. The molecule has 0 bridgehead atoms. The first kappa shape index (κ1) is 19.1. The van der Waals surface area contributed by atoms with Crippen LogP contribution in [-0.2, 0) is 0 Å². The van der Waals surface area contributed by atoms with Gasteiger partial charge in [-0.05, 0) is 51.2 Å². The number of rotatable bonds is 6. The summed E-state index contributed by atoms with van der Waals surface area (Å²) in [7, 11) is 2.15. The lowest BCUT2D eigenvalue weighted by atomic mass is 10.2. The SMILES string of the molecule is CCN(CC)c1nccc(C(=O)Nc2ccc(N3CCN(C)CC3)cc2)n1. The number of carbonyl (C=O) groups excluding carboxylic acids is 1. The average Bonchev–Trinajstić information content (AvgIpc) is 2.70. The van der Waals surface area contributed by atoms with Crippen LogP contribution in [0.3, 0.4) is 0 Å². The van der Waals surface area contributed by atoms with Crippen molar-refractivity contribution in [2.75, 3.05) is 61.4 Å². The summed E-state index contributed by atoms with van der Waals surface area (Å²) in [6, 6.07) is 9.64. The summed E-state index contributed by atoms with van der Waals surface area (Å²) in [6.45, 7) is 9.88. The number of hydrogen-bond acceptors (Lipinski definition) is 6. The molecule has 1 fully saturated rings. The molecule has 0 aliphatic carbocycles. The highest BCUT2D eigenvalue weighted by atomic mass is 16.1. The third kappa shape index (κ3) is 4.74. The molecule has 144 valence electrons. The molecule has 1 aliphatic rings. The molecule has 1 aromatic carbocycles. The van der Waals surface area contributed by atoms with Crippen LogP contribution in [-0.4, -0.2) is 67.1 Å². The Morgan fingerprint density at radius 3 is 2.37 bits per heavy atom. The smallest absolute Gasteiger partial charge is 0.274 e. The van der Waals surface area contributed by atoms with E-state index in [1.54, 1.807) is 12.3 Å². The Morgan fingerprint density at radius 1 is 1.07 bits per heavy atom. The lowest BCUT2D eigenvalue weighted by Gasteiger charge is -2.34. The first-order valence-electron chi connectivity index (χ1n) is 9.53. The Bertz CT molecular complexity index is 751. The molecule has 0 saturated carbocycles. The predicted molar refractivity (Wildman–Crippen MR) is 110 cm³/mol. The second kappa shape index (κ2) is 8.81. The third-order valence-electron chi connectivity index (χ3n) is 4.92. The Hall–Kier alpha value is -2.67. The largest absolute Gasteiger partial charge is 0.369 e. The molecule has 1 saturated heterocycles. The number of amides is 1. The lowest BCUT2D eigenvalue weighted by molar-refractivity contribution is 0.102. The molecule has 0 radical (unpaired) electrons. The molecular formula is C20H28N6O. The molecule has 3 rings (SSSR count). The molecular weight excluding hydrogens is 340 g/mol. The van der Waals surface area contributed by atoms with Crippen LogP contribution in [0.15, 0.2) is 36.5 Å². The molecule has 2 aromatic rings. The first-order valence-corrected chi connectivity index (χ1v) is 9.53. The number of anilines is 3. The second-order valence-electron chi connectivity index (χ2n) is 6.71. The summed E-state index contributed by atoms with van der Waals surface area (Å²) in [4.78, 5) is 27.9. The summed E-state index contributed by atoms with van der Waals surface area (Å²) in [5, 5.41) is 2.92. The maximum Gasteiger partial charge on any atom is 0.274 e. The van der Waals surface area contributed by atoms with Crippen LogP contribution in [0.2, 0.25) is 0 Å². The van der Waals surface area contributed by atoms with Crippen molar-refractivity contribution in [3.63, 3.8) is 0 Å². The van der Waals surface area contributed by atoms with Gasteiger partial charge in [0.25, 0.3) is 5.91 Å². The maximum atomic E-state index is 12.6. The van der Waals surface area contributed by atoms with Gasteiger partial charge in [-0.25, -0.2) is 9.97 Å². The van der Waals surface area contributed by atoms with Gasteiger partial charge in [0.1, 0.15) is 5.69 Å². The number of nitrogens with zero attached hydrogens (tertiary/aromatic N) is 5. The summed E-state index contributed by atoms with van der Waals surface area (Å²) in [5.41, 5.74) is 2.32. The normalized spacial score (nSPS) is 14.9. The third-order valence-corrected chi connectivity index (χ3v) is 4.92. The molecule has 7 nitrogen and oxygen atoms in total. The molecule has 0 unspecified atom stereocenters. The van der Waals surface area contributed by atoms with E-state index in [1.165, 1.54) is 5.69 Å². The van der Waals surface area contributed by atoms with Gasteiger partial charge < -0.3 is 20.0 Å². The summed E-state index contributed by atoms with van der Waals surface area (Å²) in [5.74, 6) is 0.358. The topological polar surface area (TPSA) is 64.6 Å². The molecule has 1 aliphatic heterocycles. The van der Waals surface area contributed by atoms with E-state index in [2.05, 4.69) is 44.3 Å². The highest BCUT2D eigenvalue weighted by Crippen LogP contribution is 2.20. The summed E-state index contributed by atoms with van der Waals surface area (Å²) in [6.07, 6.45) is 1.63. The zero-order chi connectivity index (χ0) is 19.2. The van der Waals surface area contributed by atoms with Crippen molar-refractivity contribution in [1.29, 1.82) is 0 Å². The van der Waals surface area contributed by atoms with Crippen molar-refractivity contribution in [2.45, 2.75) is 13.8 Å². The van der Waals surface area contributed by atoms with Gasteiger partial charge in [0.05, 0.1) is 0 Å². The van der Waals surface area contributed by atoms with Gasteiger partial charge in [-0.3, -0.25) is 4.79 Å². The molecule has 7 heteroatoms. The van der Waals surface area contributed by atoms with Gasteiger partial charge in [0, 0.05) is 56.8 Å². The van der Waals surface area contributed by atoms with Gasteiger partial charge in [0.15, 0.2) is 0 Å². The lowest BCUT2D eigenvalue weighted by Crippen LogP contribution is -2.44. The fourth-order valence-electron chi connectivity index (χ4n) is 3.15. The van der Waals surface area contributed by atoms with E-state index in [0.29, 0.717) is 11.6 Å². The molecule has 27 heavy (non-hydrogen) atoms. The van der Waals surface area contributed by atoms with Crippen LogP contribution in [0.1, 0.15) is 24.3 Å². The monoisotopic (exact) mass is 368 g/mol. The van der Waals surface area contributed by atoms with Crippen LogP contribution < -0.4 is 15.1 Å². The predicted octanol–water partition coefficient (Wildman–Crippen LogP) is 2.33. The van der Waals surface area contributed by atoms with Gasteiger partial charge in [0.2, 0.25) is 5.95 Å². The fraction of sp³-hybridized carbons (Fsp3) is 0.450. The van der Waals surface area contributed by atoms with E-state index >= 15 is 0 Å². The van der Waals surface area contributed by atoms with E-state index < -0.39 is 0 Å². The maximum absolute atomic E-state index is 12.6. The van der Waals surface area contributed by atoms with E-state index in [9.17, 15) is 4.79 Å². The Morgan fingerprint density at radius 2 is 1.74 bits per heavy atom. The Kier molecular flexibility index (Phi) is 6.24. The van der Waals surface area contributed by atoms with Crippen LogP contribution in [0, 0.1) is 0 Å². The van der Waals surface area contributed by atoms with Crippen LogP contribution >= 0.6 is 0 Å². The number of carbonyl (C=O) groups is 1. The quantitative estimate of drug-likeness (QED) is 0.844. The zero-order valence-electron chi connectivity index (χ0n) is 16.4. The average molecular weight is 368 g/mol. The van der Waals surface area contributed by atoms with Crippen LogP contribution in [0.25, 0.3) is 0 Å². The van der Waals surface area contributed by atoms with Gasteiger partial charge >= 0.3 is 0 Å². The zero-order valence-corrected chi connectivity index (χ0v) is 16.4. The van der Waals surface area contributed by atoms with Crippen LogP contribution in [0.4, 0.5) is 17.3 Å². The van der Waals surface area contributed by atoms with Gasteiger partial charge in [-0.2, -0.15) is 0 Å². The van der Waals surface area contributed by atoms with Crippen molar-refractivity contribution in [1.82, 2.24) is 14.9 Å². The minimum absolute atomic E-state index is 0.224. The molecule has 0 atom stereocenters. The first-order chi connectivity index (χ1) is 13.1. The highest BCUT2D eigenvalue weighted by Gasteiger charge is 2.15. The van der Waals surface area contributed by atoms with Crippen molar-refractivity contribution in [3.8, 4) is 0 Å². The van der Waals surface area contributed by atoms with Gasteiger partial charge in [-0.1, -0.05) is 0 Å². The number of aromatic nitrogens is 2. The van der Waals surface area contributed by atoms with Crippen molar-refractivity contribution in [2.24, 2.45) is 0 Å². The molecule has 0 spiro atoms. The Balaban J connectivity index is 1.65. The molecule has 1 amide bonds. The number of benzene rings is 1. The minimum atomic E-state index is -0.224. The second-order valence-corrected chi connectivity index (χ2v) is 6.71. The van der Waals surface area contributed by atoms with Gasteiger partial charge in [-0.15, -0.1) is 0 Å². The number of hydrogen-bond donors (Lipinski definition) is 1. The number of piperazine rings is 1. The van der Waals surface area contributed by atoms with Crippen LogP contribution in [0.5, 0.6) is 0 Å². The Labute approximate surface area is 161 Å². The van der Waals surface area contributed by atoms with Crippen molar-refractivity contribution >= 4 is 23.2 Å². The number of nitrogens with one attached hydrogen (secondary N) is 1. The van der Waals surface area contributed by atoms with Crippen molar-refractivity contribution < 1.29 is 4.79 Å². The summed E-state index contributed by atoms with van der Waals surface area (Å²) < 4.78 is 0. The summed E-state index contributed by atoms with van der Waals surface area (Å²) >= 11 is 0. The highest BCUT2D eigenvalue weighted by molar-refractivity contribution is 6.03. The molecule has 1 aromatic heterocycles. The standard InChI is InChI=1S/C20H28N6O/c1-4-25(5-2)20-21-11-10-18(23-20)19(27)22-16-6-8-17(9-7-16)26-14-12-24(3)13-15-26/h6-11H,4-5,12-15H2,1-3H3,(H,22,27). The molecule has 1 N–H and O–H groups in total. The van der Waals surface area contributed by atoms with E-state index in [0.717, 1.165) is 45.0 Å². The number of likely N-dealkylation sites (N-methyl/N-ethyl adjacent to an activating group) is 1. The van der Waals surface area contributed by atoms with E-state index in [-0.39, 0.29) is 5.91 Å². The van der Waals surface area contributed by atoms with E-state index in [4.69, 9.17) is 0 Å². The molecule has 2 heterocycles. The van der Waals surface area contributed by atoms with Crippen molar-refractivity contribution in [3.05, 3.63) is 42.2 Å². The minimum Gasteiger partial charge on any atom is -0.369 e.